The molecular formula is C18H18O8S2. The van der Waals surface area contributed by atoms with Crippen molar-refractivity contribution in [3.63, 3.8) is 0 Å². The van der Waals surface area contributed by atoms with E-state index in [0.717, 1.165) is 11.1 Å². The number of benzene rings is 2. The summed E-state index contributed by atoms with van der Waals surface area (Å²) in [5, 5.41) is 0. The molecule has 0 aliphatic carbocycles. The Morgan fingerprint density at radius 2 is 0.929 bits per heavy atom. The minimum absolute atomic E-state index is 0.00450. The highest BCUT2D eigenvalue weighted by Crippen LogP contribution is 2.20. The Morgan fingerprint density at radius 3 is 1.18 bits per heavy atom. The van der Waals surface area contributed by atoms with Gasteiger partial charge < -0.3 is 9.59 Å². The summed E-state index contributed by atoms with van der Waals surface area (Å²) in [5.74, 6) is 0. The molecule has 0 aliphatic heterocycles. The molecule has 0 heterocycles. The number of aryl methyl sites for hydroxylation is 2. The molecule has 0 bridgehead atoms. The van der Waals surface area contributed by atoms with Crippen LogP contribution in [0.4, 0.5) is 0 Å². The van der Waals surface area contributed by atoms with Crippen LogP contribution in [0.3, 0.4) is 0 Å². The molecule has 0 N–H and O–H groups in total. The number of carbonyl (C=O) groups is 2. The summed E-state index contributed by atoms with van der Waals surface area (Å²) in [5.41, 5.74) is 1.59. The molecule has 28 heavy (non-hydrogen) atoms. The zero-order valence-electron chi connectivity index (χ0n) is 15.0. The first-order valence-electron chi connectivity index (χ1n) is 7.99. The predicted octanol–water partition coefficient (Wildman–Crippen LogP) is 1.55. The molecule has 0 radical (unpaired) electrons. The Bertz CT molecular complexity index is 952. The molecule has 0 aliphatic rings. The van der Waals surface area contributed by atoms with Crippen molar-refractivity contribution in [2.75, 3.05) is 0 Å². The maximum atomic E-state index is 12.3. The van der Waals surface area contributed by atoms with Crippen molar-refractivity contribution in [3.8, 4) is 0 Å². The van der Waals surface area contributed by atoms with E-state index in [9.17, 15) is 26.4 Å². The van der Waals surface area contributed by atoms with E-state index >= 15 is 0 Å². The fourth-order valence-electron chi connectivity index (χ4n) is 2.12. The van der Waals surface area contributed by atoms with Gasteiger partial charge in [-0.1, -0.05) is 35.4 Å². The largest absolute Gasteiger partial charge is 0.300 e. The van der Waals surface area contributed by atoms with E-state index < -0.39 is 32.4 Å². The molecule has 2 aromatic rings. The summed E-state index contributed by atoms with van der Waals surface area (Å²) in [7, 11) is -8.87. The summed E-state index contributed by atoms with van der Waals surface area (Å²) in [6.07, 6.45) is -3.97. The van der Waals surface area contributed by atoms with E-state index in [1.54, 1.807) is 13.8 Å². The first-order chi connectivity index (χ1) is 13.1. The number of rotatable bonds is 9. The van der Waals surface area contributed by atoms with Crippen LogP contribution in [-0.4, -0.2) is 41.6 Å². The number of hydrogen-bond acceptors (Lipinski definition) is 8. The van der Waals surface area contributed by atoms with Crippen molar-refractivity contribution < 1.29 is 34.8 Å². The highest BCUT2D eigenvalue weighted by Gasteiger charge is 2.33. The Kier molecular flexibility index (Phi) is 6.83. The van der Waals surface area contributed by atoms with Crippen molar-refractivity contribution in [1.82, 2.24) is 0 Å². The molecule has 0 spiro atoms. The van der Waals surface area contributed by atoms with Gasteiger partial charge in [-0.25, -0.2) is 0 Å². The molecule has 2 atom stereocenters. The normalized spacial score (nSPS) is 14.2. The molecule has 0 saturated carbocycles. The summed E-state index contributed by atoms with van der Waals surface area (Å²) in [4.78, 5) is 22.1. The third kappa shape index (κ3) is 5.32. The first-order valence-corrected chi connectivity index (χ1v) is 10.8. The average molecular weight is 426 g/mol. The van der Waals surface area contributed by atoms with Crippen molar-refractivity contribution in [2.24, 2.45) is 0 Å². The van der Waals surface area contributed by atoms with E-state index in [-0.39, 0.29) is 22.4 Å². The number of hydrogen-bond donors (Lipinski definition) is 0. The lowest BCUT2D eigenvalue weighted by atomic mass is 10.2. The van der Waals surface area contributed by atoms with Gasteiger partial charge in [-0.3, -0.25) is 8.37 Å². The highest BCUT2D eigenvalue weighted by molar-refractivity contribution is 7.87. The summed E-state index contributed by atoms with van der Waals surface area (Å²) in [6, 6.07) is 11.1. The Morgan fingerprint density at radius 1 is 0.643 bits per heavy atom. The third-order valence-electron chi connectivity index (χ3n) is 3.69. The van der Waals surface area contributed by atoms with Gasteiger partial charge >= 0.3 is 0 Å². The lowest BCUT2D eigenvalue weighted by Gasteiger charge is -2.18. The molecule has 2 aromatic carbocycles. The van der Waals surface area contributed by atoms with E-state index in [2.05, 4.69) is 0 Å². The fourth-order valence-corrected chi connectivity index (χ4v) is 4.18. The average Bonchev–Trinajstić information content (AvgIpc) is 2.65. The maximum absolute atomic E-state index is 12.3. The molecule has 0 unspecified atom stereocenters. The molecule has 10 heteroatoms. The van der Waals surface area contributed by atoms with Crippen LogP contribution >= 0.6 is 0 Å². The Labute approximate surface area is 163 Å². The summed E-state index contributed by atoms with van der Waals surface area (Å²) >= 11 is 0. The summed E-state index contributed by atoms with van der Waals surface area (Å²) < 4.78 is 58.7. The molecule has 0 amide bonds. The number of carbonyl (C=O) groups excluding carboxylic acids is 2. The molecule has 8 nitrogen and oxygen atoms in total. The van der Waals surface area contributed by atoms with Crippen LogP contribution in [0.5, 0.6) is 0 Å². The zero-order chi connectivity index (χ0) is 20.9. The van der Waals surface area contributed by atoms with Crippen molar-refractivity contribution in [2.45, 2.75) is 35.8 Å². The van der Waals surface area contributed by atoms with Gasteiger partial charge in [0, 0.05) is 0 Å². The fraction of sp³-hybridized carbons (Fsp3) is 0.222. The maximum Gasteiger partial charge on any atom is 0.297 e. The zero-order valence-corrected chi connectivity index (χ0v) is 16.6. The van der Waals surface area contributed by atoms with Gasteiger partial charge in [0.25, 0.3) is 20.2 Å². The van der Waals surface area contributed by atoms with Gasteiger partial charge in [-0.15, -0.1) is 0 Å². The van der Waals surface area contributed by atoms with Crippen molar-refractivity contribution in [3.05, 3.63) is 59.7 Å². The predicted molar refractivity (Wildman–Crippen MR) is 98.6 cm³/mol. The molecular weight excluding hydrogens is 408 g/mol. The quantitative estimate of drug-likeness (QED) is 0.437. The first kappa shape index (κ1) is 21.9. The molecule has 0 aromatic heterocycles. The lowest BCUT2D eigenvalue weighted by Crippen LogP contribution is -2.37. The molecule has 150 valence electrons. The van der Waals surface area contributed by atoms with E-state index in [4.69, 9.17) is 8.37 Å². The van der Waals surface area contributed by atoms with Crippen molar-refractivity contribution >= 4 is 32.8 Å². The second-order valence-corrected chi connectivity index (χ2v) is 9.07. The van der Waals surface area contributed by atoms with Gasteiger partial charge in [-0.05, 0) is 38.1 Å². The monoisotopic (exact) mass is 426 g/mol. The van der Waals surface area contributed by atoms with Gasteiger partial charge in [0.05, 0.1) is 9.79 Å². The van der Waals surface area contributed by atoms with Crippen LogP contribution < -0.4 is 0 Å². The Balaban J connectivity index is 2.25. The minimum atomic E-state index is -4.43. The van der Waals surface area contributed by atoms with Crippen molar-refractivity contribution in [1.29, 1.82) is 0 Å². The van der Waals surface area contributed by atoms with Crippen LogP contribution in [0.1, 0.15) is 11.1 Å². The van der Waals surface area contributed by atoms with Gasteiger partial charge in [0.1, 0.15) is 0 Å². The molecule has 2 rings (SSSR count). The van der Waals surface area contributed by atoms with E-state index in [0.29, 0.717) is 0 Å². The van der Waals surface area contributed by atoms with Gasteiger partial charge in [0.15, 0.2) is 24.8 Å². The molecule has 0 saturated heterocycles. The second-order valence-electron chi connectivity index (χ2n) is 5.93. The minimum Gasteiger partial charge on any atom is -0.300 e. The van der Waals surface area contributed by atoms with E-state index in [1.807, 2.05) is 0 Å². The SMILES string of the molecule is Cc1ccc(S(=O)(=O)O[C@H](C=O)[C@@H](C=O)OS(=O)(=O)c2ccc(C)cc2)cc1. The topological polar surface area (TPSA) is 121 Å². The lowest BCUT2D eigenvalue weighted by molar-refractivity contribution is -0.125. The summed E-state index contributed by atoms with van der Waals surface area (Å²) in [6.45, 7) is 3.50. The highest BCUT2D eigenvalue weighted by atomic mass is 32.2. The third-order valence-corrected chi connectivity index (χ3v) is 6.34. The number of aldehydes is 2. The second kappa shape index (κ2) is 8.74. The van der Waals surface area contributed by atoms with E-state index in [1.165, 1.54) is 48.5 Å². The van der Waals surface area contributed by atoms with Crippen LogP contribution in [0.2, 0.25) is 0 Å². The van der Waals surface area contributed by atoms with Gasteiger partial charge in [0.2, 0.25) is 0 Å². The van der Waals surface area contributed by atoms with Crippen LogP contribution in [0.15, 0.2) is 58.3 Å². The van der Waals surface area contributed by atoms with Crippen LogP contribution in [0, 0.1) is 13.8 Å². The Hall–Kier alpha value is -2.40. The molecule has 0 fully saturated rings. The van der Waals surface area contributed by atoms with Crippen LogP contribution in [-0.2, 0) is 38.2 Å². The smallest absolute Gasteiger partial charge is 0.297 e. The van der Waals surface area contributed by atoms with Gasteiger partial charge in [-0.2, -0.15) is 16.8 Å². The standard InChI is InChI=1S/C18H18O8S2/c1-13-3-7-15(8-4-13)27(21,22)25-17(11-19)18(12-20)26-28(23,24)16-9-5-14(2)6-10-16/h3-12,17-18H,1-2H3/t17-,18-/m1/s1. The van der Waals surface area contributed by atoms with Crippen LogP contribution in [0.25, 0.3) is 0 Å².